The number of aliphatic hydroxyl groups excluding tert-OH is 1. The van der Waals surface area contributed by atoms with E-state index in [1.54, 1.807) is 49.4 Å². The van der Waals surface area contributed by atoms with Crippen molar-refractivity contribution < 1.29 is 23.8 Å². The summed E-state index contributed by atoms with van der Waals surface area (Å²) in [4.78, 5) is 29.5. The molecule has 7 nitrogen and oxygen atoms in total. The first-order chi connectivity index (χ1) is 14.3. The Hall–Kier alpha value is -3.32. The lowest BCUT2D eigenvalue weighted by atomic mass is 9.95. The Bertz CT molecular complexity index is 989. The normalized spacial score (nSPS) is 16.5. The number of aryl methyl sites for hydroxylation is 1. The fraction of sp³-hybridized carbons (Fsp3) is 0.304. The number of ether oxygens (including phenoxy) is 1. The van der Waals surface area contributed by atoms with Crippen LogP contribution in [0.4, 0.5) is 0 Å². The summed E-state index contributed by atoms with van der Waals surface area (Å²) < 4.78 is 11.1. The summed E-state index contributed by atoms with van der Waals surface area (Å²) >= 11 is 0. The van der Waals surface area contributed by atoms with Gasteiger partial charge in [0, 0.05) is 13.1 Å². The molecule has 2 aromatic rings. The van der Waals surface area contributed by atoms with Crippen molar-refractivity contribution in [2.24, 2.45) is 0 Å². The Morgan fingerprint density at radius 3 is 2.73 bits per heavy atom. The summed E-state index contributed by atoms with van der Waals surface area (Å²) in [6.45, 7) is 6.61. The molecular formula is C23H26N2O5. The van der Waals surface area contributed by atoms with Gasteiger partial charge in [0.05, 0.1) is 11.6 Å². The number of carbonyl (C=O) groups excluding carboxylic acids is 2. The van der Waals surface area contributed by atoms with E-state index in [2.05, 4.69) is 6.58 Å². The number of benzene rings is 1. The van der Waals surface area contributed by atoms with E-state index in [9.17, 15) is 14.7 Å². The fourth-order valence-electron chi connectivity index (χ4n) is 3.39. The Kier molecular flexibility index (Phi) is 6.42. The van der Waals surface area contributed by atoms with Gasteiger partial charge in [-0.2, -0.15) is 0 Å². The number of likely N-dealkylation sites (N-methyl/N-ethyl adjacent to an activating group) is 1. The first-order valence-corrected chi connectivity index (χ1v) is 9.67. The molecule has 0 aliphatic carbocycles. The Balaban J connectivity index is 2.05. The van der Waals surface area contributed by atoms with Crippen LogP contribution < -0.4 is 4.74 Å². The molecule has 0 fully saturated rings. The van der Waals surface area contributed by atoms with Gasteiger partial charge in [-0.05, 0) is 50.8 Å². The molecule has 0 spiro atoms. The molecule has 7 heteroatoms. The van der Waals surface area contributed by atoms with E-state index in [-0.39, 0.29) is 11.3 Å². The first-order valence-electron chi connectivity index (χ1n) is 9.67. The second kappa shape index (κ2) is 9.00. The molecule has 1 N–H and O–H groups in total. The quantitative estimate of drug-likeness (QED) is 0.505. The third-order valence-corrected chi connectivity index (χ3v) is 4.84. The third kappa shape index (κ3) is 4.31. The summed E-state index contributed by atoms with van der Waals surface area (Å²) in [5, 5.41) is 10.6. The summed E-state index contributed by atoms with van der Waals surface area (Å²) in [5.74, 6) is -0.395. The average molecular weight is 410 g/mol. The standard InChI is InChI=1S/C23H26N2O5/c1-5-13-29-17-8-6-7-16(14-17)20-19(21(26)18-10-9-15(2)30-18)22(27)23(28)25(20)12-11-24(3)4/h5-10,14,20,27H,1,11-13H2,2-4H3/t20-/m1/s1. The molecule has 1 aromatic heterocycles. The van der Waals surface area contributed by atoms with Crippen molar-refractivity contribution in [1.82, 2.24) is 9.80 Å². The van der Waals surface area contributed by atoms with Crippen LogP contribution in [-0.4, -0.2) is 60.4 Å². The zero-order valence-corrected chi connectivity index (χ0v) is 17.4. The lowest BCUT2D eigenvalue weighted by molar-refractivity contribution is -0.129. The van der Waals surface area contributed by atoms with Crippen molar-refractivity contribution in [3.8, 4) is 5.75 Å². The highest BCUT2D eigenvalue weighted by Crippen LogP contribution is 2.39. The van der Waals surface area contributed by atoms with Crippen LogP contribution in [0.15, 0.2) is 64.8 Å². The molecule has 1 aliphatic heterocycles. The maximum Gasteiger partial charge on any atom is 0.290 e. The van der Waals surface area contributed by atoms with Gasteiger partial charge in [0.1, 0.15) is 18.1 Å². The largest absolute Gasteiger partial charge is 0.503 e. The van der Waals surface area contributed by atoms with Crippen LogP contribution in [0.5, 0.6) is 5.75 Å². The lowest BCUT2D eigenvalue weighted by Crippen LogP contribution is -2.36. The second-order valence-electron chi connectivity index (χ2n) is 7.38. The number of furan rings is 1. The minimum absolute atomic E-state index is 0.00831. The van der Waals surface area contributed by atoms with Crippen molar-refractivity contribution in [1.29, 1.82) is 0 Å². The van der Waals surface area contributed by atoms with Crippen LogP contribution in [0.25, 0.3) is 0 Å². The Morgan fingerprint density at radius 1 is 1.33 bits per heavy atom. The molecule has 1 aliphatic rings. The molecule has 158 valence electrons. The van der Waals surface area contributed by atoms with Gasteiger partial charge >= 0.3 is 0 Å². The van der Waals surface area contributed by atoms with Crippen LogP contribution in [0, 0.1) is 6.92 Å². The average Bonchev–Trinajstić information content (AvgIpc) is 3.26. The molecule has 3 rings (SSSR count). The van der Waals surface area contributed by atoms with Gasteiger partial charge in [-0.1, -0.05) is 24.8 Å². The fourth-order valence-corrected chi connectivity index (χ4v) is 3.39. The van der Waals surface area contributed by atoms with Crippen LogP contribution in [-0.2, 0) is 4.79 Å². The maximum absolute atomic E-state index is 13.2. The van der Waals surface area contributed by atoms with Crippen LogP contribution in [0.2, 0.25) is 0 Å². The Morgan fingerprint density at radius 2 is 2.10 bits per heavy atom. The van der Waals surface area contributed by atoms with Crippen molar-refractivity contribution in [3.63, 3.8) is 0 Å². The number of hydrogen-bond acceptors (Lipinski definition) is 6. The molecule has 1 atom stereocenters. The summed E-state index contributed by atoms with van der Waals surface area (Å²) in [6, 6.07) is 9.62. The molecule has 0 bridgehead atoms. The number of ketones is 1. The monoisotopic (exact) mass is 410 g/mol. The highest BCUT2D eigenvalue weighted by Gasteiger charge is 2.44. The Labute approximate surface area is 175 Å². The van der Waals surface area contributed by atoms with E-state index in [4.69, 9.17) is 9.15 Å². The highest BCUT2D eigenvalue weighted by molar-refractivity contribution is 6.15. The number of rotatable bonds is 9. The highest BCUT2D eigenvalue weighted by atomic mass is 16.5. The minimum atomic E-state index is -0.748. The van der Waals surface area contributed by atoms with Gasteiger partial charge in [-0.15, -0.1) is 0 Å². The zero-order valence-electron chi connectivity index (χ0n) is 17.4. The first kappa shape index (κ1) is 21.4. The van der Waals surface area contributed by atoms with E-state index in [0.717, 1.165) is 0 Å². The van der Waals surface area contributed by atoms with E-state index >= 15 is 0 Å². The number of hydrogen-bond donors (Lipinski definition) is 1. The summed E-state index contributed by atoms with van der Waals surface area (Å²) in [7, 11) is 3.79. The summed E-state index contributed by atoms with van der Waals surface area (Å²) in [6.07, 6.45) is 1.63. The molecule has 0 unspecified atom stereocenters. The topological polar surface area (TPSA) is 83.2 Å². The third-order valence-electron chi connectivity index (χ3n) is 4.84. The predicted octanol–water partition coefficient (Wildman–Crippen LogP) is 3.29. The van der Waals surface area contributed by atoms with Gasteiger partial charge in [-0.25, -0.2) is 0 Å². The van der Waals surface area contributed by atoms with Crippen molar-refractivity contribution >= 4 is 11.7 Å². The lowest BCUT2D eigenvalue weighted by Gasteiger charge is -2.28. The van der Waals surface area contributed by atoms with Crippen LogP contribution in [0.3, 0.4) is 0 Å². The van der Waals surface area contributed by atoms with Crippen LogP contribution >= 0.6 is 0 Å². The van der Waals surface area contributed by atoms with E-state index in [0.29, 0.717) is 36.8 Å². The van der Waals surface area contributed by atoms with Crippen LogP contribution in [0.1, 0.15) is 27.9 Å². The zero-order chi connectivity index (χ0) is 21.8. The molecule has 1 amide bonds. The number of Topliss-reactive ketones (excluding diaryl/α,β-unsaturated/α-hetero) is 1. The number of nitrogens with zero attached hydrogens (tertiary/aromatic N) is 2. The molecular weight excluding hydrogens is 384 g/mol. The molecule has 1 aromatic carbocycles. The van der Waals surface area contributed by atoms with Crippen molar-refractivity contribution in [2.75, 3.05) is 33.8 Å². The minimum Gasteiger partial charge on any atom is -0.503 e. The van der Waals surface area contributed by atoms with Gasteiger partial charge in [0.15, 0.2) is 11.5 Å². The van der Waals surface area contributed by atoms with E-state index in [1.807, 2.05) is 19.0 Å². The maximum atomic E-state index is 13.2. The van der Waals surface area contributed by atoms with Gasteiger partial charge in [0.2, 0.25) is 5.78 Å². The smallest absolute Gasteiger partial charge is 0.290 e. The number of carbonyl (C=O) groups is 2. The van der Waals surface area contributed by atoms with Gasteiger partial charge < -0.3 is 24.1 Å². The second-order valence-corrected chi connectivity index (χ2v) is 7.38. The van der Waals surface area contributed by atoms with E-state index < -0.39 is 23.5 Å². The molecule has 2 heterocycles. The molecule has 0 radical (unpaired) electrons. The molecule has 30 heavy (non-hydrogen) atoms. The van der Waals surface area contributed by atoms with Crippen molar-refractivity contribution in [3.05, 3.63) is 77.5 Å². The van der Waals surface area contributed by atoms with Gasteiger partial charge in [0.25, 0.3) is 5.91 Å². The SMILES string of the molecule is C=CCOc1cccc([C@@H]2C(C(=O)c3ccc(C)o3)=C(O)C(=O)N2CCN(C)C)c1. The predicted molar refractivity (Wildman–Crippen MR) is 113 cm³/mol. The molecule has 0 saturated carbocycles. The summed E-state index contributed by atoms with van der Waals surface area (Å²) in [5.41, 5.74) is 0.674. The number of amides is 1. The van der Waals surface area contributed by atoms with E-state index in [1.165, 1.54) is 4.90 Å². The van der Waals surface area contributed by atoms with Gasteiger partial charge in [-0.3, -0.25) is 9.59 Å². The molecule has 0 saturated heterocycles. The number of aliphatic hydroxyl groups is 1. The van der Waals surface area contributed by atoms with Crippen molar-refractivity contribution in [2.45, 2.75) is 13.0 Å².